The summed E-state index contributed by atoms with van der Waals surface area (Å²) in [4.78, 5) is 6.55. The molecule has 52 valence electrons. The molecule has 0 radical (unpaired) electrons. The quantitative estimate of drug-likeness (QED) is 0.531. The van der Waals surface area contributed by atoms with Crippen LogP contribution < -0.4 is 0 Å². The van der Waals surface area contributed by atoms with Crippen LogP contribution in [0.3, 0.4) is 0 Å². The first-order chi connectivity index (χ1) is 4.22. The van der Waals surface area contributed by atoms with E-state index in [1.165, 1.54) is 0 Å². The number of hydrogen-bond donors (Lipinski definition) is 0. The van der Waals surface area contributed by atoms with Gasteiger partial charge in [0.05, 0.1) is 0 Å². The molecule has 2 nitrogen and oxygen atoms in total. The molecule has 0 saturated heterocycles. The molecule has 9 heavy (non-hydrogen) atoms. The summed E-state index contributed by atoms with van der Waals surface area (Å²) in [7, 11) is 0. The van der Waals surface area contributed by atoms with Gasteiger partial charge in [-0.1, -0.05) is 0 Å². The molecule has 0 atom stereocenters. The predicted octanol–water partition coefficient (Wildman–Crippen LogP) is -0.0328. The van der Waals surface area contributed by atoms with Crippen molar-refractivity contribution in [3.8, 4) is 0 Å². The van der Waals surface area contributed by atoms with E-state index in [4.69, 9.17) is 0 Å². The topological polar surface area (TPSA) is 15.6 Å². The molecule has 0 unspecified atom stereocenters. The van der Waals surface area contributed by atoms with Crippen LogP contribution in [0.1, 0.15) is 13.8 Å². The van der Waals surface area contributed by atoms with Crippen molar-refractivity contribution in [3.05, 3.63) is 0 Å². The summed E-state index contributed by atoms with van der Waals surface area (Å²) in [6.45, 7) is 6.45. The Balaban J connectivity index is 2.53. The fourth-order valence-corrected chi connectivity index (χ4v) is 1.84. The Bertz CT molecular complexity index is 131. The van der Waals surface area contributed by atoms with Crippen LogP contribution in [-0.4, -0.2) is 44.8 Å². The summed E-state index contributed by atoms with van der Waals surface area (Å²) < 4.78 is 1.14. The zero-order chi connectivity index (χ0) is 6.85. The van der Waals surface area contributed by atoms with Crippen molar-refractivity contribution in [1.29, 1.82) is 0 Å². The van der Waals surface area contributed by atoms with Crippen LogP contribution in [0.25, 0.3) is 0 Å². The molecule has 0 N–H and O–H groups in total. The molecule has 0 bridgehead atoms. The molecule has 0 amide bonds. The maximum absolute atomic E-state index is 4.25. The predicted molar refractivity (Wildman–Crippen MR) is 41.3 cm³/mol. The monoisotopic (exact) mass is 192 g/mol. The van der Waals surface area contributed by atoms with Gasteiger partial charge in [0, 0.05) is 0 Å². The molecule has 0 aromatic heterocycles. The summed E-state index contributed by atoms with van der Waals surface area (Å²) in [6, 6.07) is 0.606. The van der Waals surface area contributed by atoms with Crippen molar-refractivity contribution in [3.63, 3.8) is 0 Å². The molecule has 1 rings (SSSR count). The van der Waals surface area contributed by atoms with Gasteiger partial charge in [0.2, 0.25) is 0 Å². The van der Waals surface area contributed by atoms with Crippen LogP contribution in [0.15, 0.2) is 4.99 Å². The van der Waals surface area contributed by atoms with Gasteiger partial charge >= 0.3 is 63.6 Å². The van der Waals surface area contributed by atoms with E-state index in [1.54, 1.807) is 0 Å². The standard InChI is InChI=1S/C6H12N2Se/c1-5(2)8-4-3-7-6(8)9/h5H,3-4H2,1-2H3,(H,7,9). The Morgan fingerprint density at radius 3 is 2.56 bits per heavy atom. The van der Waals surface area contributed by atoms with E-state index in [9.17, 15) is 0 Å². The van der Waals surface area contributed by atoms with Gasteiger partial charge < -0.3 is 0 Å². The van der Waals surface area contributed by atoms with Crippen LogP contribution in [-0.2, 0) is 0 Å². The molecule has 0 aromatic carbocycles. The van der Waals surface area contributed by atoms with Crippen LogP contribution in [0.2, 0.25) is 0 Å². The fraction of sp³-hybridized carbons (Fsp3) is 0.833. The van der Waals surface area contributed by atoms with E-state index >= 15 is 0 Å². The minimum atomic E-state index is 0.606. The first-order valence-corrected chi connectivity index (χ1v) is 4.15. The molecule has 3 heteroatoms. The third-order valence-electron chi connectivity index (χ3n) is 1.47. The molecule has 1 aliphatic heterocycles. The molecule has 1 aliphatic rings. The van der Waals surface area contributed by atoms with Gasteiger partial charge in [-0.25, -0.2) is 0 Å². The summed E-state index contributed by atoms with van der Waals surface area (Å²) in [5, 5.41) is 0. The number of amidine groups is 1. The zero-order valence-electron chi connectivity index (χ0n) is 5.83. The van der Waals surface area contributed by atoms with Crippen LogP contribution in [0, 0.1) is 0 Å². The second-order valence-electron chi connectivity index (χ2n) is 2.47. The summed E-state index contributed by atoms with van der Waals surface area (Å²) in [5.74, 6) is 0. The zero-order valence-corrected chi connectivity index (χ0v) is 7.71. The third kappa shape index (κ3) is 1.46. The Kier molecular flexibility index (Phi) is 2.14. The van der Waals surface area contributed by atoms with Crippen molar-refractivity contribution >= 4 is 20.7 Å². The number of hydrogen-bond acceptors (Lipinski definition) is 2. The Morgan fingerprint density at radius 1 is 1.67 bits per heavy atom. The van der Waals surface area contributed by atoms with E-state index in [-0.39, 0.29) is 0 Å². The minimum absolute atomic E-state index is 0.606. The van der Waals surface area contributed by atoms with Crippen molar-refractivity contribution < 1.29 is 0 Å². The van der Waals surface area contributed by atoms with E-state index in [0.29, 0.717) is 6.04 Å². The van der Waals surface area contributed by atoms with Gasteiger partial charge in [0.25, 0.3) is 0 Å². The van der Waals surface area contributed by atoms with E-state index in [1.807, 2.05) is 0 Å². The van der Waals surface area contributed by atoms with Gasteiger partial charge in [0.15, 0.2) is 0 Å². The Morgan fingerprint density at radius 2 is 2.33 bits per heavy atom. The van der Waals surface area contributed by atoms with Crippen molar-refractivity contribution in [2.45, 2.75) is 19.9 Å². The average Bonchev–Trinajstić information content (AvgIpc) is 2.13. The van der Waals surface area contributed by atoms with Gasteiger partial charge in [-0.3, -0.25) is 0 Å². The molecule has 0 saturated carbocycles. The van der Waals surface area contributed by atoms with Crippen molar-refractivity contribution in [2.75, 3.05) is 13.1 Å². The third-order valence-corrected chi connectivity index (χ3v) is 2.31. The van der Waals surface area contributed by atoms with Crippen molar-refractivity contribution in [2.24, 2.45) is 4.99 Å². The molecule has 0 aliphatic carbocycles. The summed E-state index contributed by atoms with van der Waals surface area (Å²) in [5.41, 5.74) is 0. The van der Waals surface area contributed by atoms with E-state index in [2.05, 4.69) is 39.8 Å². The second kappa shape index (κ2) is 2.72. The van der Waals surface area contributed by atoms with Crippen LogP contribution in [0.5, 0.6) is 0 Å². The summed E-state index contributed by atoms with van der Waals surface area (Å²) in [6.07, 6.45) is 0. The molecule has 1 heterocycles. The first-order valence-electron chi connectivity index (χ1n) is 3.22. The fourth-order valence-electron chi connectivity index (χ4n) is 0.938. The van der Waals surface area contributed by atoms with Crippen molar-refractivity contribution in [1.82, 2.24) is 4.90 Å². The van der Waals surface area contributed by atoms with Gasteiger partial charge in [0.1, 0.15) is 0 Å². The SMILES string of the molecule is CC(C)N1CCN=C1[SeH]. The molecule has 0 spiro atoms. The molecular formula is C6H12N2Se. The first kappa shape index (κ1) is 7.10. The van der Waals surface area contributed by atoms with E-state index < -0.39 is 0 Å². The molecular weight excluding hydrogens is 179 g/mol. The second-order valence-corrected chi connectivity index (χ2v) is 3.31. The number of rotatable bonds is 1. The maximum atomic E-state index is 4.25. The Hall–Kier alpha value is -0.0105. The Labute approximate surface area is 64.1 Å². The van der Waals surface area contributed by atoms with Crippen LogP contribution in [0.4, 0.5) is 0 Å². The summed E-state index contributed by atoms with van der Waals surface area (Å²) >= 11 is 2.51. The number of nitrogens with zero attached hydrogens (tertiary/aromatic N) is 2. The normalized spacial score (nSPS) is 19.1. The van der Waals surface area contributed by atoms with E-state index in [0.717, 1.165) is 17.8 Å². The number of aliphatic imine (C=N–C) groups is 1. The average molecular weight is 191 g/mol. The van der Waals surface area contributed by atoms with Gasteiger partial charge in [-0.15, -0.1) is 0 Å². The van der Waals surface area contributed by atoms with Crippen LogP contribution >= 0.6 is 0 Å². The van der Waals surface area contributed by atoms with Gasteiger partial charge in [-0.2, -0.15) is 0 Å². The molecule has 0 fully saturated rings. The van der Waals surface area contributed by atoms with Gasteiger partial charge in [-0.05, 0) is 0 Å². The molecule has 0 aromatic rings.